The first kappa shape index (κ1) is 21.5. The number of benzene rings is 2. The molecular weight excluding hydrogens is 374 g/mol. The van der Waals surface area contributed by atoms with Crippen LogP contribution in [0.15, 0.2) is 72.9 Å². The number of hydrogen-bond donors (Lipinski definition) is 1. The number of ether oxygens (including phenoxy) is 1. The maximum Gasteiger partial charge on any atom is 0.229 e. The van der Waals surface area contributed by atoms with Crippen molar-refractivity contribution in [2.45, 2.75) is 19.3 Å². The van der Waals surface area contributed by atoms with Gasteiger partial charge in [0.25, 0.3) is 0 Å². The van der Waals surface area contributed by atoms with E-state index >= 15 is 0 Å². The van der Waals surface area contributed by atoms with Crippen LogP contribution in [-0.4, -0.2) is 43.0 Å². The zero-order valence-corrected chi connectivity index (χ0v) is 17.7. The average Bonchev–Trinajstić information content (AvgIpc) is 2.73. The number of hydrogen-bond acceptors (Lipinski definition) is 4. The van der Waals surface area contributed by atoms with Gasteiger partial charge >= 0.3 is 0 Å². The Kier molecular flexibility index (Phi) is 7.98. The lowest BCUT2D eigenvalue weighted by Gasteiger charge is -2.12. The number of amides is 1. The fourth-order valence-corrected chi connectivity index (χ4v) is 3.10. The van der Waals surface area contributed by atoms with Crippen molar-refractivity contribution in [3.63, 3.8) is 0 Å². The predicted molar refractivity (Wildman–Crippen MR) is 121 cm³/mol. The van der Waals surface area contributed by atoms with Gasteiger partial charge in [0.2, 0.25) is 5.91 Å². The third-order valence-corrected chi connectivity index (χ3v) is 4.71. The van der Waals surface area contributed by atoms with Crippen LogP contribution in [0.5, 0.6) is 5.75 Å². The van der Waals surface area contributed by atoms with E-state index in [4.69, 9.17) is 4.74 Å². The summed E-state index contributed by atoms with van der Waals surface area (Å²) in [5.74, 6) is 1.28. The van der Waals surface area contributed by atoms with Crippen LogP contribution in [0.3, 0.4) is 0 Å². The molecule has 5 heteroatoms. The second-order valence-corrected chi connectivity index (χ2v) is 7.56. The largest absolute Gasteiger partial charge is 0.492 e. The molecule has 0 aliphatic carbocycles. The fraction of sp³-hybridized carbons (Fsp3) is 0.280. The number of pyridine rings is 1. The normalized spacial score (nSPS) is 10.8. The number of carbonyl (C=O) groups is 1. The van der Waals surface area contributed by atoms with Crippen LogP contribution in [0, 0.1) is 0 Å². The molecular formula is C25H29N3O2. The van der Waals surface area contributed by atoms with Gasteiger partial charge in [0, 0.05) is 12.7 Å². The van der Waals surface area contributed by atoms with Crippen molar-refractivity contribution in [3.8, 4) is 5.75 Å². The molecule has 0 saturated heterocycles. The summed E-state index contributed by atoms with van der Waals surface area (Å²) < 4.78 is 5.75. The summed E-state index contributed by atoms with van der Waals surface area (Å²) in [5, 5.41) is 2.91. The summed E-state index contributed by atoms with van der Waals surface area (Å²) in [7, 11) is 4.02. The van der Waals surface area contributed by atoms with Crippen molar-refractivity contribution < 1.29 is 9.53 Å². The molecule has 0 spiro atoms. The highest BCUT2D eigenvalue weighted by Crippen LogP contribution is 2.15. The van der Waals surface area contributed by atoms with Gasteiger partial charge < -0.3 is 15.0 Å². The number of rotatable bonds is 10. The Morgan fingerprint density at radius 3 is 2.50 bits per heavy atom. The number of nitrogens with one attached hydrogen (secondary N) is 1. The van der Waals surface area contributed by atoms with Crippen molar-refractivity contribution >= 4 is 11.7 Å². The van der Waals surface area contributed by atoms with E-state index in [2.05, 4.69) is 39.5 Å². The third kappa shape index (κ3) is 7.33. The summed E-state index contributed by atoms with van der Waals surface area (Å²) in [6, 6.07) is 22.0. The van der Waals surface area contributed by atoms with Gasteiger partial charge in [-0.3, -0.25) is 4.79 Å². The third-order valence-electron chi connectivity index (χ3n) is 4.71. The van der Waals surface area contributed by atoms with Crippen LogP contribution in [-0.2, 0) is 24.1 Å². The van der Waals surface area contributed by atoms with Gasteiger partial charge in [-0.1, -0.05) is 42.5 Å². The van der Waals surface area contributed by atoms with Crippen LogP contribution < -0.4 is 10.1 Å². The molecule has 2 aromatic carbocycles. The van der Waals surface area contributed by atoms with E-state index in [-0.39, 0.29) is 12.3 Å². The molecule has 0 unspecified atom stereocenters. The zero-order chi connectivity index (χ0) is 21.2. The SMILES string of the molecule is CN(C)CCOc1cccc(CC(=O)Nc2cc(CCc3ccccc3)ccn2)c1. The maximum absolute atomic E-state index is 12.5. The van der Waals surface area contributed by atoms with Gasteiger partial charge in [0.1, 0.15) is 18.2 Å². The molecule has 0 fully saturated rings. The van der Waals surface area contributed by atoms with Crippen LogP contribution in [0.25, 0.3) is 0 Å². The van der Waals surface area contributed by atoms with Crippen molar-refractivity contribution in [1.29, 1.82) is 0 Å². The summed E-state index contributed by atoms with van der Waals surface area (Å²) in [6.07, 6.45) is 3.89. The topological polar surface area (TPSA) is 54.5 Å². The van der Waals surface area contributed by atoms with E-state index < -0.39 is 0 Å². The Morgan fingerprint density at radius 2 is 1.70 bits per heavy atom. The highest BCUT2D eigenvalue weighted by atomic mass is 16.5. The van der Waals surface area contributed by atoms with Gasteiger partial charge in [-0.2, -0.15) is 0 Å². The summed E-state index contributed by atoms with van der Waals surface area (Å²) >= 11 is 0. The first-order valence-corrected chi connectivity index (χ1v) is 10.2. The molecule has 156 valence electrons. The second-order valence-electron chi connectivity index (χ2n) is 7.56. The first-order valence-electron chi connectivity index (χ1n) is 10.2. The Morgan fingerprint density at radius 1 is 0.933 bits per heavy atom. The van der Waals surface area contributed by atoms with Crippen LogP contribution in [0.1, 0.15) is 16.7 Å². The van der Waals surface area contributed by atoms with E-state index in [1.165, 1.54) is 5.56 Å². The van der Waals surface area contributed by atoms with Gasteiger partial charge in [-0.15, -0.1) is 0 Å². The van der Waals surface area contributed by atoms with E-state index in [9.17, 15) is 4.79 Å². The maximum atomic E-state index is 12.5. The molecule has 0 radical (unpaired) electrons. The number of anilines is 1. The summed E-state index contributed by atoms with van der Waals surface area (Å²) in [4.78, 5) is 18.8. The van der Waals surface area contributed by atoms with Gasteiger partial charge in [-0.25, -0.2) is 4.98 Å². The highest BCUT2D eigenvalue weighted by Gasteiger charge is 2.07. The molecule has 0 aliphatic heterocycles. The molecule has 1 heterocycles. The van der Waals surface area contributed by atoms with Gasteiger partial charge in [0.05, 0.1) is 6.42 Å². The second kappa shape index (κ2) is 11.1. The van der Waals surface area contributed by atoms with Crippen LogP contribution in [0.2, 0.25) is 0 Å². The monoisotopic (exact) mass is 403 g/mol. The van der Waals surface area contributed by atoms with Crippen LogP contribution >= 0.6 is 0 Å². The highest BCUT2D eigenvalue weighted by molar-refractivity contribution is 5.91. The summed E-state index contributed by atoms with van der Waals surface area (Å²) in [6.45, 7) is 1.46. The Balaban J connectivity index is 1.52. The number of aryl methyl sites for hydroxylation is 2. The molecule has 30 heavy (non-hydrogen) atoms. The van der Waals surface area contributed by atoms with Crippen molar-refractivity contribution in [1.82, 2.24) is 9.88 Å². The minimum absolute atomic E-state index is 0.0897. The van der Waals surface area contributed by atoms with Crippen molar-refractivity contribution in [2.75, 3.05) is 32.6 Å². The van der Waals surface area contributed by atoms with Gasteiger partial charge in [-0.05, 0) is 67.9 Å². The average molecular weight is 404 g/mol. The lowest BCUT2D eigenvalue weighted by molar-refractivity contribution is -0.115. The van der Waals surface area contributed by atoms with E-state index in [1.54, 1.807) is 6.20 Å². The van der Waals surface area contributed by atoms with E-state index in [0.29, 0.717) is 12.4 Å². The molecule has 1 aromatic heterocycles. The Hall–Kier alpha value is -3.18. The Labute approximate surface area is 178 Å². The zero-order valence-electron chi connectivity index (χ0n) is 17.7. The minimum atomic E-state index is -0.0897. The number of nitrogens with zero attached hydrogens (tertiary/aromatic N) is 2. The number of aromatic nitrogens is 1. The smallest absolute Gasteiger partial charge is 0.229 e. The van der Waals surface area contributed by atoms with Crippen molar-refractivity contribution in [3.05, 3.63) is 89.6 Å². The van der Waals surface area contributed by atoms with E-state index in [1.807, 2.05) is 56.6 Å². The molecule has 3 rings (SSSR count). The Bertz CT molecular complexity index is 942. The molecule has 3 aromatic rings. The number of carbonyl (C=O) groups excluding carboxylic acids is 1. The lowest BCUT2D eigenvalue weighted by atomic mass is 10.1. The molecule has 0 saturated carbocycles. The van der Waals surface area contributed by atoms with Gasteiger partial charge in [0.15, 0.2) is 0 Å². The minimum Gasteiger partial charge on any atom is -0.492 e. The lowest BCUT2D eigenvalue weighted by Crippen LogP contribution is -2.19. The standard InChI is InChI=1S/C25H29N3O2/c1-28(2)15-16-30-23-10-6-9-22(17-23)19-25(29)27-24-18-21(13-14-26-24)12-11-20-7-4-3-5-8-20/h3-10,13-14,17-18H,11-12,15-16,19H2,1-2H3,(H,26,27,29). The molecule has 1 N–H and O–H groups in total. The fourth-order valence-electron chi connectivity index (χ4n) is 3.10. The van der Waals surface area contributed by atoms with Crippen LogP contribution in [0.4, 0.5) is 5.82 Å². The quantitative estimate of drug-likeness (QED) is 0.556. The molecule has 0 atom stereocenters. The van der Waals surface area contributed by atoms with E-state index in [0.717, 1.165) is 36.3 Å². The predicted octanol–water partition coefficient (Wildman–Crippen LogP) is 3.99. The summed E-state index contributed by atoms with van der Waals surface area (Å²) in [5.41, 5.74) is 3.36. The first-order chi connectivity index (χ1) is 14.6. The number of likely N-dealkylation sites (N-methyl/N-ethyl adjacent to an activating group) is 1. The molecule has 0 aliphatic rings. The molecule has 0 bridgehead atoms. The van der Waals surface area contributed by atoms with Crippen molar-refractivity contribution in [2.24, 2.45) is 0 Å². The molecule has 5 nitrogen and oxygen atoms in total. The molecule has 1 amide bonds.